The largest absolute Gasteiger partial charge is 0.305 e. The molecule has 96 valence electrons. The predicted molar refractivity (Wildman–Crippen MR) is 79.2 cm³/mol. The second-order valence-corrected chi connectivity index (χ2v) is 6.35. The number of benzene rings is 1. The zero-order valence-electron chi connectivity index (χ0n) is 10.9. The fourth-order valence-electron chi connectivity index (χ4n) is 2.59. The van der Waals surface area contributed by atoms with Crippen LogP contribution in [0.15, 0.2) is 30.3 Å². The predicted octanol–water partition coefficient (Wildman–Crippen LogP) is 3.04. The maximum absolute atomic E-state index is 2.59. The van der Waals surface area contributed by atoms with E-state index < -0.39 is 0 Å². The molecule has 0 aliphatic carbocycles. The van der Waals surface area contributed by atoms with Crippen molar-refractivity contribution in [1.82, 2.24) is 9.80 Å². The molecule has 0 saturated carbocycles. The molecule has 0 N–H and O–H groups in total. The van der Waals surface area contributed by atoms with E-state index in [1.165, 1.54) is 47.6 Å². The van der Waals surface area contributed by atoms with Crippen molar-refractivity contribution in [2.75, 3.05) is 33.2 Å². The van der Waals surface area contributed by atoms with Gasteiger partial charge in [0.25, 0.3) is 0 Å². The Morgan fingerprint density at radius 3 is 2.89 bits per heavy atom. The van der Waals surface area contributed by atoms with Gasteiger partial charge in [0.2, 0.25) is 0 Å². The standard InChI is InChI=1S/C15H20N2S/c1-16-7-4-8-17(10-9-16)12-14-11-13-5-2-3-6-15(13)18-14/h2-3,5-6,11H,4,7-10,12H2,1H3. The topological polar surface area (TPSA) is 6.48 Å². The normalized spacial score (nSPS) is 19.2. The van der Waals surface area contributed by atoms with Crippen LogP contribution in [-0.4, -0.2) is 43.0 Å². The molecule has 1 aromatic carbocycles. The summed E-state index contributed by atoms with van der Waals surface area (Å²) in [4.78, 5) is 6.53. The molecule has 2 aromatic rings. The van der Waals surface area contributed by atoms with E-state index in [1.54, 1.807) is 0 Å². The quantitative estimate of drug-likeness (QED) is 0.819. The third-order valence-corrected chi connectivity index (χ3v) is 4.77. The van der Waals surface area contributed by atoms with Gasteiger partial charge in [-0.25, -0.2) is 0 Å². The van der Waals surface area contributed by atoms with Crippen LogP contribution in [0.5, 0.6) is 0 Å². The van der Waals surface area contributed by atoms with E-state index in [0.717, 1.165) is 6.54 Å². The van der Waals surface area contributed by atoms with E-state index in [-0.39, 0.29) is 0 Å². The highest BCUT2D eigenvalue weighted by Crippen LogP contribution is 2.26. The number of hydrogen-bond acceptors (Lipinski definition) is 3. The maximum atomic E-state index is 2.59. The first-order valence-corrected chi connectivity index (χ1v) is 7.51. The molecule has 0 atom stereocenters. The number of likely N-dealkylation sites (N-methyl/N-ethyl adjacent to an activating group) is 1. The van der Waals surface area contributed by atoms with Gasteiger partial charge in [0.05, 0.1) is 0 Å². The van der Waals surface area contributed by atoms with Gasteiger partial charge in [0, 0.05) is 29.2 Å². The Hall–Kier alpha value is -0.900. The van der Waals surface area contributed by atoms with Crippen LogP contribution in [0, 0.1) is 0 Å². The Morgan fingerprint density at radius 1 is 1.11 bits per heavy atom. The second kappa shape index (κ2) is 5.39. The Bertz CT molecular complexity index is 487. The number of thiophene rings is 1. The first-order chi connectivity index (χ1) is 8.81. The summed E-state index contributed by atoms with van der Waals surface area (Å²) in [6.45, 7) is 5.99. The smallest absolute Gasteiger partial charge is 0.0346 e. The maximum Gasteiger partial charge on any atom is 0.0346 e. The molecule has 2 nitrogen and oxygen atoms in total. The van der Waals surface area contributed by atoms with Crippen molar-refractivity contribution in [3.8, 4) is 0 Å². The summed E-state index contributed by atoms with van der Waals surface area (Å²) in [6.07, 6.45) is 1.29. The zero-order chi connectivity index (χ0) is 12.4. The van der Waals surface area contributed by atoms with E-state index in [4.69, 9.17) is 0 Å². The highest BCUT2D eigenvalue weighted by molar-refractivity contribution is 7.19. The van der Waals surface area contributed by atoms with Crippen LogP contribution in [0.1, 0.15) is 11.3 Å². The van der Waals surface area contributed by atoms with Crippen molar-refractivity contribution >= 4 is 21.4 Å². The highest BCUT2D eigenvalue weighted by Gasteiger charge is 2.13. The molecule has 18 heavy (non-hydrogen) atoms. The SMILES string of the molecule is CN1CCCN(Cc2cc3ccccc3s2)CC1. The fourth-order valence-corrected chi connectivity index (χ4v) is 3.70. The van der Waals surface area contributed by atoms with Crippen LogP contribution in [0.2, 0.25) is 0 Å². The highest BCUT2D eigenvalue weighted by atomic mass is 32.1. The minimum absolute atomic E-state index is 1.12. The molecule has 1 saturated heterocycles. The van der Waals surface area contributed by atoms with E-state index in [0.29, 0.717) is 0 Å². The van der Waals surface area contributed by atoms with Crippen LogP contribution >= 0.6 is 11.3 Å². The minimum atomic E-state index is 1.12. The molecule has 0 bridgehead atoms. The lowest BCUT2D eigenvalue weighted by atomic mass is 10.2. The molecule has 0 spiro atoms. The van der Waals surface area contributed by atoms with Gasteiger partial charge in [-0.2, -0.15) is 0 Å². The van der Waals surface area contributed by atoms with Crippen LogP contribution < -0.4 is 0 Å². The monoisotopic (exact) mass is 260 g/mol. The first-order valence-electron chi connectivity index (χ1n) is 6.69. The third-order valence-electron chi connectivity index (χ3n) is 3.67. The van der Waals surface area contributed by atoms with Crippen molar-refractivity contribution in [2.24, 2.45) is 0 Å². The molecular weight excluding hydrogens is 240 g/mol. The average molecular weight is 260 g/mol. The van der Waals surface area contributed by atoms with Gasteiger partial charge in [-0.3, -0.25) is 4.90 Å². The van der Waals surface area contributed by atoms with Gasteiger partial charge >= 0.3 is 0 Å². The molecule has 1 aliphatic rings. The lowest BCUT2D eigenvalue weighted by molar-refractivity contribution is 0.271. The Balaban J connectivity index is 1.71. The average Bonchev–Trinajstić information content (AvgIpc) is 2.66. The van der Waals surface area contributed by atoms with Gasteiger partial charge in [-0.05, 0) is 44.1 Å². The summed E-state index contributed by atoms with van der Waals surface area (Å²) >= 11 is 1.94. The lowest BCUT2D eigenvalue weighted by Crippen LogP contribution is -2.28. The van der Waals surface area contributed by atoms with Crippen molar-refractivity contribution in [3.05, 3.63) is 35.2 Å². The van der Waals surface area contributed by atoms with E-state index in [1.807, 2.05) is 11.3 Å². The summed E-state index contributed by atoms with van der Waals surface area (Å²) < 4.78 is 1.42. The number of fused-ring (bicyclic) bond motifs is 1. The van der Waals surface area contributed by atoms with E-state index in [2.05, 4.69) is 47.2 Å². The summed E-state index contributed by atoms with van der Waals surface area (Å²) in [6, 6.07) is 11.0. The van der Waals surface area contributed by atoms with Crippen molar-refractivity contribution in [1.29, 1.82) is 0 Å². The Kier molecular flexibility index (Phi) is 3.64. The zero-order valence-corrected chi connectivity index (χ0v) is 11.7. The van der Waals surface area contributed by atoms with E-state index in [9.17, 15) is 0 Å². The molecular formula is C15H20N2S. The first kappa shape index (κ1) is 12.2. The molecule has 3 heteroatoms. The van der Waals surface area contributed by atoms with Crippen LogP contribution in [0.25, 0.3) is 10.1 Å². The van der Waals surface area contributed by atoms with Gasteiger partial charge in [0.15, 0.2) is 0 Å². The third kappa shape index (κ3) is 2.74. The molecule has 0 amide bonds. The van der Waals surface area contributed by atoms with Crippen molar-refractivity contribution in [3.63, 3.8) is 0 Å². The van der Waals surface area contributed by atoms with E-state index >= 15 is 0 Å². The summed E-state index contributed by atoms with van der Waals surface area (Å²) in [7, 11) is 2.23. The molecule has 1 aliphatic heterocycles. The summed E-state index contributed by atoms with van der Waals surface area (Å²) in [5.41, 5.74) is 0. The van der Waals surface area contributed by atoms with Crippen LogP contribution in [0.3, 0.4) is 0 Å². The molecule has 2 heterocycles. The number of rotatable bonds is 2. The minimum Gasteiger partial charge on any atom is -0.305 e. The summed E-state index contributed by atoms with van der Waals surface area (Å²) in [5.74, 6) is 0. The van der Waals surface area contributed by atoms with Gasteiger partial charge < -0.3 is 4.90 Å². The van der Waals surface area contributed by atoms with Crippen LogP contribution in [-0.2, 0) is 6.54 Å². The molecule has 0 unspecified atom stereocenters. The van der Waals surface area contributed by atoms with Crippen molar-refractivity contribution < 1.29 is 0 Å². The lowest BCUT2D eigenvalue weighted by Gasteiger charge is -2.18. The molecule has 0 radical (unpaired) electrons. The van der Waals surface area contributed by atoms with Gasteiger partial charge in [-0.15, -0.1) is 11.3 Å². The molecule has 3 rings (SSSR count). The number of nitrogens with zero attached hydrogens (tertiary/aromatic N) is 2. The second-order valence-electron chi connectivity index (χ2n) is 5.18. The van der Waals surface area contributed by atoms with Gasteiger partial charge in [0.1, 0.15) is 0 Å². The summed E-state index contributed by atoms with van der Waals surface area (Å²) in [5, 5.41) is 1.39. The number of hydrogen-bond donors (Lipinski definition) is 0. The Labute approximate surface area is 113 Å². The Morgan fingerprint density at radius 2 is 2.00 bits per heavy atom. The van der Waals surface area contributed by atoms with Gasteiger partial charge in [-0.1, -0.05) is 18.2 Å². The molecule has 1 fully saturated rings. The van der Waals surface area contributed by atoms with Crippen LogP contribution in [0.4, 0.5) is 0 Å². The fraction of sp³-hybridized carbons (Fsp3) is 0.467. The molecule has 1 aromatic heterocycles. The van der Waals surface area contributed by atoms with Crippen molar-refractivity contribution in [2.45, 2.75) is 13.0 Å².